The fraction of sp³-hybridized carbons (Fsp3) is 0.429. The SMILES string of the molecule is CC1CC1CNC(=O)CNC(=O)c1ccc(N)cc1. The molecule has 1 aromatic carbocycles. The van der Waals surface area contributed by atoms with E-state index in [1.54, 1.807) is 24.3 Å². The van der Waals surface area contributed by atoms with Crippen molar-refractivity contribution in [3.8, 4) is 0 Å². The van der Waals surface area contributed by atoms with Crippen LogP contribution in [0.25, 0.3) is 0 Å². The van der Waals surface area contributed by atoms with E-state index >= 15 is 0 Å². The Morgan fingerprint density at radius 3 is 2.47 bits per heavy atom. The van der Waals surface area contributed by atoms with Crippen molar-refractivity contribution in [2.75, 3.05) is 18.8 Å². The van der Waals surface area contributed by atoms with Crippen LogP contribution in [-0.2, 0) is 4.79 Å². The molecule has 0 heterocycles. The molecule has 2 rings (SSSR count). The normalized spacial score (nSPS) is 20.7. The number of amides is 2. The molecule has 1 fully saturated rings. The smallest absolute Gasteiger partial charge is 0.251 e. The molecule has 0 aliphatic heterocycles. The van der Waals surface area contributed by atoms with Crippen molar-refractivity contribution >= 4 is 17.5 Å². The molecule has 1 aromatic rings. The number of carbonyl (C=O) groups is 2. The van der Waals surface area contributed by atoms with Crippen molar-refractivity contribution < 1.29 is 9.59 Å². The first-order valence-electron chi connectivity index (χ1n) is 6.46. The van der Waals surface area contributed by atoms with Crippen LogP contribution in [-0.4, -0.2) is 24.9 Å². The maximum atomic E-state index is 11.7. The lowest BCUT2D eigenvalue weighted by molar-refractivity contribution is -0.120. The highest BCUT2D eigenvalue weighted by Gasteiger charge is 2.32. The molecular formula is C14H19N3O2. The first kappa shape index (κ1) is 13.4. The number of carbonyl (C=O) groups excluding carboxylic acids is 2. The van der Waals surface area contributed by atoms with Crippen LogP contribution in [0, 0.1) is 11.8 Å². The van der Waals surface area contributed by atoms with Gasteiger partial charge in [0.2, 0.25) is 5.91 Å². The molecule has 5 nitrogen and oxygen atoms in total. The third-order valence-electron chi connectivity index (χ3n) is 3.42. The first-order chi connectivity index (χ1) is 9.06. The van der Waals surface area contributed by atoms with Crippen LogP contribution in [0.5, 0.6) is 0 Å². The summed E-state index contributed by atoms with van der Waals surface area (Å²) >= 11 is 0. The second-order valence-corrected chi connectivity index (χ2v) is 5.08. The zero-order valence-corrected chi connectivity index (χ0v) is 11.0. The average Bonchev–Trinajstić information content (AvgIpc) is 3.10. The quantitative estimate of drug-likeness (QED) is 0.684. The number of hydrogen-bond acceptors (Lipinski definition) is 3. The maximum absolute atomic E-state index is 11.7. The summed E-state index contributed by atoms with van der Waals surface area (Å²) in [6.07, 6.45) is 1.18. The standard InChI is InChI=1S/C14H19N3O2/c1-9-6-11(9)7-16-13(18)8-17-14(19)10-2-4-12(15)5-3-10/h2-5,9,11H,6-8,15H2,1H3,(H,16,18)(H,17,19). The molecule has 0 bridgehead atoms. The van der Waals surface area contributed by atoms with E-state index in [9.17, 15) is 9.59 Å². The molecule has 0 radical (unpaired) electrons. The molecule has 1 aliphatic carbocycles. The summed E-state index contributed by atoms with van der Waals surface area (Å²) in [6.45, 7) is 2.88. The maximum Gasteiger partial charge on any atom is 0.251 e. The van der Waals surface area contributed by atoms with E-state index in [1.165, 1.54) is 6.42 Å². The lowest BCUT2D eigenvalue weighted by atomic mass is 10.2. The molecular weight excluding hydrogens is 242 g/mol. The van der Waals surface area contributed by atoms with Crippen LogP contribution < -0.4 is 16.4 Å². The molecule has 102 valence electrons. The van der Waals surface area contributed by atoms with Gasteiger partial charge < -0.3 is 16.4 Å². The summed E-state index contributed by atoms with van der Waals surface area (Å²) in [4.78, 5) is 23.3. The summed E-state index contributed by atoms with van der Waals surface area (Å²) in [7, 11) is 0. The van der Waals surface area contributed by atoms with Gasteiger partial charge >= 0.3 is 0 Å². The van der Waals surface area contributed by atoms with Gasteiger partial charge in [-0.05, 0) is 42.5 Å². The highest BCUT2D eigenvalue weighted by atomic mass is 16.2. The molecule has 0 spiro atoms. The summed E-state index contributed by atoms with van der Waals surface area (Å²) < 4.78 is 0. The van der Waals surface area contributed by atoms with E-state index in [1.807, 2.05) is 0 Å². The van der Waals surface area contributed by atoms with Crippen LogP contribution in [0.2, 0.25) is 0 Å². The minimum Gasteiger partial charge on any atom is -0.399 e. The van der Waals surface area contributed by atoms with E-state index < -0.39 is 0 Å². The number of hydrogen-bond donors (Lipinski definition) is 3. The third kappa shape index (κ3) is 3.98. The van der Waals surface area contributed by atoms with Gasteiger partial charge in [0.25, 0.3) is 5.91 Å². The number of nitrogens with one attached hydrogen (secondary N) is 2. The van der Waals surface area contributed by atoms with Crippen molar-refractivity contribution in [1.82, 2.24) is 10.6 Å². The third-order valence-corrected chi connectivity index (χ3v) is 3.42. The molecule has 0 aromatic heterocycles. The molecule has 19 heavy (non-hydrogen) atoms. The second kappa shape index (κ2) is 5.73. The molecule has 2 amide bonds. The van der Waals surface area contributed by atoms with Crippen molar-refractivity contribution in [2.24, 2.45) is 11.8 Å². The van der Waals surface area contributed by atoms with Crippen LogP contribution in [0.15, 0.2) is 24.3 Å². The van der Waals surface area contributed by atoms with Crippen LogP contribution in [0.1, 0.15) is 23.7 Å². The molecule has 0 saturated heterocycles. The molecule has 1 aliphatic rings. The van der Waals surface area contributed by atoms with Gasteiger partial charge in [-0.3, -0.25) is 9.59 Å². The van der Waals surface area contributed by atoms with E-state index in [0.717, 1.165) is 0 Å². The molecule has 2 atom stereocenters. The van der Waals surface area contributed by atoms with E-state index in [4.69, 9.17) is 5.73 Å². The van der Waals surface area contributed by atoms with Crippen molar-refractivity contribution in [3.05, 3.63) is 29.8 Å². The van der Waals surface area contributed by atoms with Crippen molar-refractivity contribution in [3.63, 3.8) is 0 Å². The summed E-state index contributed by atoms with van der Waals surface area (Å²) in [5.41, 5.74) is 6.64. The number of nitrogen functional groups attached to an aromatic ring is 1. The Morgan fingerprint density at radius 1 is 1.26 bits per heavy atom. The predicted molar refractivity (Wildman–Crippen MR) is 73.5 cm³/mol. The van der Waals surface area contributed by atoms with Gasteiger partial charge in [-0.1, -0.05) is 6.92 Å². The lowest BCUT2D eigenvalue weighted by Gasteiger charge is -2.06. The molecule has 1 saturated carbocycles. The predicted octanol–water partition coefficient (Wildman–Crippen LogP) is 0.771. The Hall–Kier alpha value is -2.04. The Kier molecular flexibility index (Phi) is 4.04. The molecule has 4 N–H and O–H groups in total. The second-order valence-electron chi connectivity index (χ2n) is 5.08. The number of anilines is 1. The lowest BCUT2D eigenvalue weighted by Crippen LogP contribution is -2.37. The number of nitrogens with two attached hydrogens (primary N) is 1. The van der Waals surface area contributed by atoms with Gasteiger partial charge in [-0.2, -0.15) is 0 Å². The average molecular weight is 261 g/mol. The van der Waals surface area contributed by atoms with Crippen LogP contribution in [0.4, 0.5) is 5.69 Å². The fourth-order valence-electron chi connectivity index (χ4n) is 1.89. The highest BCUT2D eigenvalue weighted by Crippen LogP contribution is 2.36. The Morgan fingerprint density at radius 2 is 1.89 bits per heavy atom. The Balaban J connectivity index is 1.70. The zero-order chi connectivity index (χ0) is 13.8. The largest absolute Gasteiger partial charge is 0.399 e. The minimum absolute atomic E-state index is 0.00428. The van der Waals surface area contributed by atoms with Gasteiger partial charge in [0.05, 0.1) is 6.54 Å². The summed E-state index contributed by atoms with van der Waals surface area (Å²) in [5, 5.41) is 5.40. The fourth-order valence-corrected chi connectivity index (χ4v) is 1.89. The summed E-state index contributed by atoms with van der Waals surface area (Å²) in [6, 6.07) is 6.58. The summed E-state index contributed by atoms with van der Waals surface area (Å²) in [5.74, 6) is 0.902. The van der Waals surface area contributed by atoms with Gasteiger partial charge in [0.15, 0.2) is 0 Å². The van der Waals surface area contributed by atoms with Crippen molar-refractivity contribution in [2.45, 2.75) is 13.3 Å². The highest BCUT2D eigenvalue weighted by molar-refractivity contribution is 5.96. The van der Waals surface area contributed by atoms with E-state index in [2.05, 4.69) is 17.6 Å². The Labute approximate surface area is 112 Å². The monoisotopic (exact) mass is 261 g/mol. The van der Waals surface area contributed by atoms with E-state index in [-0.39, 0.29) is 18.4 Å². The van der Waals surface area contributed by atoms with E-state index in [0.29, 0.717) is 29.6 Å². The number of benzene rings is 1. The zero-order valence-electron chi connectivity index (χ0n) is 11.0. The van der Waals surface area contributed by atoms with Crippen molar-refractivity contribution in [1.29, 1.82) is 0 Å². The minimum atomic E-state index is -0.269. The van der Waals surface area contributed by atoms with Crippen LogP contribution >= 0.6 is 0 Å². The van der Waals surface area contributed by atoms with Gasteiger partial charge in [-0.25, -0.2) is 0 Å². The molecule has 5 heteroatoms. The molecule has 2 unspecified atom stereocenters. The first-order valence-corrected chi connectivity index (χ1v) is 6.46. The van der Waals surface area contributed by atoms with Gasteiger partial charge in [0, 0.05) is 17.8 Å². The topological polar surface area (TPSA) is 84.2 Å². The van der Waals surface area contributed by atoms with Crippen LogP contribution in [0.3, 0.4) is 0 Å². The van der Waals surface area contributed by atoms with Gasteiger partial charge in [-0.15, -0.1) is 0 Å². The number of rotatable bonds is 5. The van der Waals surface area contributed by atoms with Gasteiger partial charge in [0.1, 0.15) is 0 Å². The Bertz CT molecular complexity index is 470.